The molecule has 1 aromatic carbocycles. The molecule has 3 nitrogen and oxygen atoms in total. The van der Waals surface area contributed by atoms with Crippen LogP contribution in [0, 0.1) is 0 Å². The molecule has 0 bridgehead atoms. The Kier molecular flexibility index (Phi) is 5.82. The van der Waals surface area contributed by atoms with E-state index in [4.69, 9.17) is 0 Å². The Morgan fingerprint density at radius 3 is 2.56 bits per heavy atom. The van der Waals surface area contributed by atoms with Gasteiger partial charge in [-0.3, -0.25) is 0 Å². The van der Waals surface area contributed by atoms with E-state index in [2.05, 4.69) is 21.2 Å². The molecule has 0 radical (unpaired) electrons. The van der Waals surface area contributed by atoms with Gasteiger partial charge in [0, 0.05) is 16.8 Å². The monoisotopic (exact) mass is 333 g/mol. The Labute approximate surface area is 118 Å². The molecule has 0 saturated heterocycles. The first-order valence-corrected chi connectivity index (χ1v) is 8.76. The topological polar surface area (TPSA) is 46.2 Å². The van der Waals surface area contributed by atoms with E-state index in [1.54, 1.807) is 6.92 Å². The van der Waals surface area contributed by atoms with Crippen LogP contribution in [0.3, 0.4) is 0 Å². The molecule has 1 N–H and O–H groups in total. The minimum Gasteiger partial charge on any atom is -0.313 e. The lowest BCUT2D eigenvalue weighted by molar-refractivity contribution is 0.494. The van der Waals surface area contributed by atoms with E-state index in [0.29, 0.717) is 6.42 Å². The zero-order valence-electron chi connectivity index (χ0n) is 11.0. The van der Waals surface area contributed by atoms with E-state index in [1.807, 2.05) is 31.2 Å². The van der Waals surface area contributed by atoms with Crippen molar-refractivity contribution in [2.75, 3.05) is 12.8 Å². The normalized spacial score (nSPS) is 15.3. The Morgan fingerprint density at radius 1 is 1.39 bits per heavy atom. The number of hydrogen-bond acceptors (Lipinski definition) is 3. The molecule has 0 heterocycles. The van der Waals surface area contributed by atoms with Gasteiger partial charge in [0.25, 0.3) is 0 Å². The van der Waals surface area contributed by atoms with Crippen LogP contribution in [-0.2, 0) is 16.3 Å². The van der Waals surface area contributed by atoms with Crippen LogP contribution in [0.5, 0.6) is 0 Å². The molecule has 18 heavy (non-hydrogen) atoms. The van der Waals surface area contributed by atoms with E-state index in [0.717, 1.165) is 16.6 Å². The van der Waals surface area contributed by atoms with Gasteiger partial charge in [-0.15, -0.1) is 0 Å². The molecule has 1 rings (SSSR count). The van der Waals surface area contributed by atoms with Gasteiger partial charge in [-0.25, -0.2) is 8.42 Å². The highest BCUT2D eigenvalue weighted by Gasteiger charge is 2.25. The first-order chi connectivity index (χ1) is 8.34. The molecule has 0 saturated carbocycles. The third-order valence-electron chi connectivity index (χ3n) is 3.05. The lowest BCUT2D eigenvalue weighted by atomic mass is 10.0. The highest BCUT2D eigenvalue weighted by molar-refractivity contribution is 9.10. The fourth-order valence-electron chi connectivity index (χ4n) is 1.88. The predicted molar refractivity (Wildman–Crippen MR) is 79.6 cm³/mol. The number of halogens is 1. The molecular weight excluding hydrogens is 314 g/mol. The second kappa shape index (κ2) is 6.68. The smallest absolute Gasteiger partial charge is 0.151 e. The molecule has 102 valence electrons. The summed E-state index contributed by atoms with van der Waals surface area (Å²) in [4.78, 5) is 0. The van der Waals surface area contributed by atoms with Crippen molar-refractivity contribution in [3.8, 4) is 0 Å². The summed E-state index contributed by atoms with van der Waals surface area (Å²) in [5.41, 5.74) is 1.13. The molecule has 0 aromatic heterocycles. The molecule has 2 atom stereocenters. The zero-order chi connectivity index (χ0) is 13.8. The van der Waals surface area contributed by atoms with Gasteiger partial charge in [0.05, 0.1) is 5.25 Å². The number of benzene rings is 1. The molecule has 1 aromatic rings. The van der Waals surface area contributed by atoms with Gasteiger partial charge in [-0.1, -0.05) is 35.0 Å². The lowest BCUT2D eigenvalue weighted by Crippen LogP contribution is -2.43. The average Bonchev–Trinajstić information content (AvgIpc) is 2.26. The van der Waals surface area contributed by atoms with Crippen LogP contribution in [0.15, 0.2) is 28.7 Å². The Hall–Kier alpha value is -0.390. The van der Waals surface area contributed by atoms with Gasteiger partial charge in [-0.2, -0.15) is 0 Å². The second-order valence-electron chi connectivity index (χ2n) is 4.53. The summed E-state index contributed by atoms with van der Waals surface area (Å²) in [7, 11) is -3.03. The van der Waals surface area contributed by atoms with Crippen LogP contribution in [0.2, 0.25) is 0 Å². The molecule has 5 heteroatoms. The highest BCUT2D eigenvalue weighted by atomic mass is 79.9. The molecule has 0 spiro atoms. The van der Waals surface area contributed by atoms with Crippen LogP contribution >= 0.6 is 15.9 Å². The highest BCUT2D eigenvalue weighted by Crippen LogP contribution is 2.16. The molecule has 0 aliphatic carbocycles. The van der Waals surface area contributed by atoms with Gasteiger partial charge < -0.3 is 5.32 Å². The Balaban J connectivity index is 2.87. The summed E-state index contributed by atoms with van der Waals surface area (Å²) < 4.78 is 24.3. The summed E-state index contributed by atoms with van der Waals surface area (Å²) in [5.74, 6) is 0. The Bertz CT molecular complexity index is 488. The van der Waals surface area contributed by atoms with Crippen molar-refractivity contribution in [2.24, 2.45) is 0 Å². The molecule has 0 aliphatic heterocycles. The van der Waals surface area contributed by atoms with E-state index in [1.165, 1.54) is 6.26 Å². The summed E-state index contributed by atoms with van der Waals surface area (Å²) >= 11 is 3.43. The van der Waals surface area contributed by atoms with Crippen LogP contribution in [-0.4, -0.2) is 32.5 Å². The number of likely N-dealkylation sites (N-methyl/N-ethyl adjacent to an activating group) is 1. The van der Waals surface area contributed by atoms with Gasteiger partial charge >= 0.3 is 0 Å². The minimum atomic E-state index is -3.03. The van der Waals surface area contributed by atoms with E-state index in [-0.39, 0.29) is 6.04 Å². The number of rotatable bonds is 6. The molecule has 0 amide bonds. The van der Waals surface area contributed by atoms with Crippen LogP contribution < -0.4 is 5.32 Å². The summed E-state index contributed by atoms with van der Waals surface area (Å²) in [5, 5.41) is 2.87. The van der Waals surface area contributed by atoms with Crippen molar-refractivity contribution in [2.45, 2.75) is 31.6 Å². The minimum absolute atomic E-state index is 0.0562. The fourth-order valence-corrected chi connectivity index (χ4v) is 3.12. The maximum atomic E-state index is 11.7. The third-order valence-corrected chi connectivity index (χ3v) is 5.23. The fraction of sp³-hybridized carbons (Fsp3) is 0.538. The maximum Gasteiger partial charge on any atom is 0.151 e. The average molecular weight is 334 g/mol. The van der Waals surface area contributed by atoms with E-state index >= 15 is 0 Å². The second-order valence-corrected chi connectivity index (χ2v) is 7.85. The van der Waals surface area contributed by atoms with Crippen molar-refractivity contribution in [1.29, 1.82) is 0 Å². The molecular formula is C13H20BrNO2S. The quantitative estimate of drug-likeness (QED) is 0.869. The number of hydrogen-bond donors (Lipinski definition) is 1. The third kappa shape index (κ3) is 4.71. The molecule has 0 fully saturated rings. The van der Waals surface area contributed by atoms with Crippen LogP contribution in [0.4, 0.5) is 0 Å². The summed E-state index contributed by atoms with van der Waals surface area (Å²) in [6.07, 6.45) is 2.00. The van der Waals surface area contributed by atoms with Crippen molar-refractivity contribution in [3.05, 3.63) is 34.3 Å². The van der Waals surface area contributed by atoms with E-state index in [9.17, 15) is 8.42 Å². The molecule has 2 unspecified atom stereocenters. The van der Waals surface area contributed by atoms with Crippen LogP contribution in [0.25, 0.3) is 0 Å². The van der Waals surface area contributed by atoms with E-state index < -0.39 is 15.1 Å². The predicted octanol–water partition coefficient (Wildman–Crippen LogP) is 2.40. The Morgan fingerprint density at radius 2 is 2.06 bits per heavy atom. The molecule has 0 aliphatic rings. The van der Waals surface area contributed by atoms with Gasteiger partial charge in [-0.05, 0) is 37.6 Å². The first-order valence-electron chi connectivity index (χ1n) is 6.01. The summed E-state index contributed by atoms with van der Waals surface area (Å²) in [6, 6.07) is 7.92. The zero-order valence-corrected chi connectivity index (χ0v) is 13.4. The summed E-state index contributed by atoms with van der Waals surface area (Å²) in [6.45, 7) is 4.52. The first kappa shape index (κ1) is 15.7. The van der Waals surface area contributed by atoms with Gasteiger partial charge in [0.2, 0.25) is 0 Å². The van der Waals surface area contributed by atoms with Crippen LogP contribution in [0.1, 0.15) is 19.4 Å². The van der Waals surface area contributed by atoms with Crippen molar-refractivity contribution >= 4 is 25.8 Å². The SMILES string of the molecule is CCNC(Cc1cccc(Br)c1)C(C)S(C)(=O)=O. The maximum absolute atomic E-state index is 11.7. The van der Waals surface area contributed by atoms with Crippen molar-refractivity contribution in [3.63, 3.8) is 0 Å². The largest absolute Gasteiger partial charge is 0.313 e. The lowest BCUT2D eigenvalue weighted by Gasteiger charge is -2.23. The van der Waals surface area contributed by atoms with Gasteiger partial charge in [0.1, 0.15) is 0 Å². The number of nitrogens with one attached hydrogen (secondary N) is 1. The standard InChI is InChI=1S/C13H20BrNO2S/c1-4-15-13(10(2)18(3,16)17)9-11-6-5-7-12(14)8-11/h5-8,10,13,15H,4,9H2,1-3H3. The van der Waals surface area contributed by atoms with Gasteiger partial charge in [0.15, 0.2) is 9.84 Å². The number of sulfone groups is 1. The van der Waals surface area contributed by atoms with Crippen molar-refractivity contribution in [1.82, 2.24) is 5.32 Å². The van der Waals surface area contributed by atoms with Crippen molar-refractivity contribution < 1.29 is 8.42 Å².